The zero-order valence-corrected chi connectivity index (χ0v) is 9.96. The van der Waals surface area contributed by atoms with Crippen LogP contribution in [-0.2, 0) is 19.1 Å². The quantitative estimate of drug-likeness (QED) is 0.804. The van der Waals surface area contributed by atoms with E-state index in [1.807, 2.05) is 0 Å². The molecule has 1 aromatic rings. The monoisotopic (exact) mass is 247 g/mol. The molecular formula is C11H16F3N3. The van der Waals surface area contributed by atoms with Gasteiger partial charge < -0.3 is 4.57 Å². The molecule has 0 radical (unpaired) electrons. The normalized spacial score (nSPS) is 22.3. The molecule has 2 heterocycles. The first-order chi connectivity index (χ1) is 7.93. The fourth-order valence-corrected chi connectivity index (χ4v) is 2.38. The summed E-state index contributed by atoms with van der Waals surface area (Å²) in [5.41, 5.74) is 0. The first-order valence-electron chi connectivity index (χ1n) is 5.92. The summed E-state index contributed by atoms with van der Waals surface area (Å²) in [6.07, 6.45) is -1.96. The van der Waals surface area contributed by atoms with Crippen LogP contribution in [0.4, 0.5) is 13.2 Å². The van der Waals surface area contributed by atoms with Crippen molar-refractivity contribution in [1.82, 2.24) is 14.8 Å². The molecule has 0 bridgehead atoms. The topological polar surface area (TPSA) is 30.7 Å². The molecule has 0 saturated heterocycles. The first-order valence-corrected chi connectivity index (χ1v) is 5.92. The van der Waals surface area contributed by atoms with Crippen molar-refractivity contribution in [3.05, 3.63) is 11.6 Å². The maximum atomic E-state index is 12.6. The number of fused-ring (bicyclic) bond motifs is 1. The van der Waals surface area contributed by atoms with E-state index in [2.05, 4.69) is 24.0 Å². The van der Waals surface area contributed by atoms with E-state index in [1.165, 1.54) is 4.57 Å². The summed E-state index contributed by atoms with van der Waals surface area (Å²) < 4.78 is 39.0. The predicted molar refractivity (Wildman–Crippen MR) is 56.3 cm³/mol. The molecular weight excluding hydrogens is 231 g/mol. The molecule has 3 nitrogen and oxygen atoms in total. The average molecular weight is 247 g/mol. The largest absolute Gasteiger partial charge is 0.451 e. The maximum absolute atomic E-state index is 12.6. The van der Waals surface area contributed by atoms with Crippen LogP contribution >= 0.6 is 0 Å². The summed E-state index contributed by atoms with van der Waals surface area (Å²) >= 11 is 0. The smallest absolute Gasteiger partial charge is 0.307 e. The van der Waals surface area contributed by atoms with Crippen molar-refractivity contribution >= 4 is 0 Å². The zero-order chi connectivity index (χ0) is 12.6. The van der Waals surface area contributed by atoms with Crippen molar-refractivity contribution in [3.8, 4) is 0 Å². The second-order valence-corrected chi connectivity index (χ2v) is 4.73. The Morgan fingerprint density at radius 2 is 2.12 bits per heavy atom. The second kappa shape index (κ2) is 4.31. The average Bonchev–Trinajstić information content (AvgIpc) is 2.70. The number of alkyl halides is 3. The van der Waals surface area contributed by atoms with E-state index in [4.69, 9.17) is 0 Å². The van der Waals surface area contributed by atoms with E-state index in [-0.39, 0.29) is 0 Å². The highest BCUT2D eigenvalue weighted by molar-refractivity contribution is 5.03. The minimum Gasteiger partial charge on any atom is -0.307 e. The van der Waals surface area contributed by atoms with Gasteiger partial charge in [0.1, 0.15) is 5.82 Å². The molecule has 0 amide bonds. The molecule has 1 aliphatic heterocycles. The van der Waals surface area contributed by atoms with Crippen molar-refractivity contribution < 1.29 is 13.2 Å². The number of hydrogen-bond donors (Lipinski definition) is 0. The van der Waals surface area contributed by atoms with Gasteiger partial charge in [-0.15, -0.1) is 10.2 Å². The lowest BCUT2D eigenvalue weighted by Gasteiger charge is -2.28. The fourth-order valence-electron chi connectivity index (χ4n) is 2.38. The highest BCUT2D eigenvalue weighted by Gasteiger charge is 2.39. The number of aromatic nitrogens is 3. The molecule has 2 rings (SSSR count). The Kier molecular flexibility index (Phi) is 3.14. The van der Waals surface area contributed by atoms with Crippen LogP contribution in [0, 0.1) is 11.8 Å². The minimum atomic E-state index is -4.39. The van der Waals surface area contributed by atoms with E-state index in [1.54, 1.807) is 0 Å². The lowest BCUT2D eigenvalue weighted by Crippen LogP contribution is -2.27. The van der Waals surface area contributed by atoms with Crippen LogP contribution in [0.2, 0.25) is 0 Å². The van der Waals surface area contributed by atoms with Crippen LogP contribution in [-0.4, -0.2) is 14.8 Å². The molecule has 2 atom stereocenters. The molecule has 1 aromatic heterocycles. The molecule has 96 valence electrons. The SMILES string of the molecule is CCC(C)C1CCn2c(nnc2C(F)(F)F)C1. The second-order valence-electron chi connectivity index (χ2n) is 4.73. The van der Waals surface area contributed by atoms with Gasteiger partial charge >= 0.3 is 6.18 Å². The van der Waals surface area contributed by atoms with Gasteiger partial charge in [-0.05, 0) is 18.3 Å². The van der Waals surface area contributed by atoms with Crippen molar-refractivity contribution in [2.75, 3.05) is 0 Å². The van der Waals surface area contributed by atoms with Gasteiger partial charge in [0.25, 0.3) is 0 Å². The van der Waals surface area contributed by atoms with Gasteiger partial charge in [-0.3, -0.25) is 0 Å². The third kappa shape index (κ3) is 2.30. The van der Waals surface area contributed by atoms with Gasteiger partial charge in [0.05, 0.1) is 0 Å². The Morgan fingerprint density at radius 3 is 2.71 bits per heavy atom. The molecule has 6 heteroatoms. The molecule has 0 saturated carbocycles. The third-order valence-corrected chi connectivity index (χ3v) is 3.70. The molecule has 0 N–H and O–H groups in total. The minimum absolute atomic E-state index is 0.381. The summed E-state index contributed by atoms with van der Waals surface area (Å²) in [7, 11) is 0. The van der Waals surface area contributed by atoms with E-state index in [0.717, 1.165) is 12.8 Å². The molecule has 0 fully saturated rings. The molecule has 0 spiro atoms. The number of nitrogens with zero attached hydrogens (tertiary/aromatic N) is 3. The van der Waals surface area contributed by atoms with Gasteiger partial charge in [-0.25, -0.2) is 0 Å². The zero-order valence-electron chi connectivity index (χ0n) is 9.96. The standard InChI is InChI=1S/C11H16F3N3/c1-3-7(2)8-4-5-17-9(6-8)15-16-10(17)11(12,13)14/h7-8H,3-6H2,1-2H3. The summed E-state index contributed by atoms with van der Waals surface area (Å²) in [5.74, 6) is 0.580. The van der Waals surface area contributed by atoms with Crippen molar-refractivity contribution in [1.29, 1.82) is 0 Å². The Labute approximate surface area is 98.0 Å². The highest BCUT2D eigenvalue weighted by Crippen LogP contribution is 2.33. The van der Waals surface area contributed by atoms with Crippen molar-refractivity contribution in [3.63, 3.8) is 0 Å². The molecule has 0 aromatic carbocycles. The third-order valence-electron chi connectivity index (χ3n) is 3.70. The number of rotatable bonds is 2. The highest BCUT2D eigenvalue weighted by atomic mass is 19.4. The van der Waals surface area contributed by atoms with Gasteiger partial charge in [-0.1, -0.05) is 20.3 Å². The summed E-state index contributed by atoms with van der Waals surface area (Å²) in [5, 5.41) is 6.96. The maximum Gasteiger partial charge on any atom is 0.451 e. The van der Waals surface area contributed by atoms with Crippen molar-refractivity contribution in [2.45, 2.75) is 45.8 Å². The van der Waals surface area contributed by atoms with Crippen molar-refractivity contribution in [2.24, 2.45) is 11.8 Å². The van der Waals surface area contributed by atoms with Crippen LogP contribution in [0.25, 0.3) is 0 Å². The van der Waals surface area contributed by atoms with Gasteiger partial charge in [0, 0.05) is 13.0 Å². The molecule has 2 unspecified atom stereocenters. The van der Waals surface area contributed by atoms with Gasteiger partial charge in [0.15, 0.2) is 0 Å². The van der Waals surface area contributed by atoms with Crippen LogP contribution < -0.4 is 0 Å². The fraction of sp³-hybridized carbons (Fsp3) is 0.818. The molecule has 0 aliphatic carbocycles. The van der Waals surface area contributed by atoms with E-state index >= 15 is 0 Å². The Morgan fingerprint density at radius 1 is 1.41 bits per heavy atom. The summed E-state index contributed by atoms with van der Waals surface area (Å²) in [4.78, 5) is 0. The molecule has 1 aliphatic rings. The lowest BCUT2D eigenvalue weighted by molar-refractivity contribution is -0.147. The Hall–Kier alpha value is -1.07. The van der Waals surface area contributed by atoms with E-state index in [9.17, 15) is 13.2 Å². The summed E-state index contributed by atoms with van der Waals surface area (Å²) in [6.45, 7) is 4.62. The van der Waals surface area contributed by atoms with Crippen LogP contribution in [0.1, 0.15) is 38.3 Å². The lowest BCUT2D eigenvalue weighted by atomic mass is 9.84. The summed E-state index contributed by atoms with van der Waals surface area (Å²) in [6, 6.07) is 0. The van der Waals surface area contributed by atoms with Gasteiger partial charge in [0.2, 0.25) is 5.82 Å². The molecule has 17 heavy (non-hydrogen) atoms. The predicted octanol–water partition coefficient (Wildman–Crippen LogP) is 2.91. The Bertz CT molecular complexity index is 397. The number of halogens is 3. The first kappa shape index (κ1) is 12.4. The van der Waals surface area contributed by atoms with E-state index < -0.39 is 12.0 Å². The number of hydrogen-bond acceptors (Lipinski definition) is 2. The van der Waals surface area contributed by atoms with Crippen LogP contribution in [0.15, 0.2) is 0 Å². The Balaban J connectivity index is 2.22. The van der Waals surface area contributed by atoms with Crippen LogP contribution in [0.5, 0.6) is 0 Å². The van der Waals surface area contributed by atoms with Gasteiger partial charge in [-0.2, -0.15) is 13.2 Å². The van der Waals surface area contributed by atoms with Crippen LogP contribution in [0.3, 0.4) is 0 Å². The van der Waals surface area contributed by atoms with E-state index in [0.29, 0.717) is 30.6 Å².